The zero-order valence-electron chi connectivity index (χ0n) is 7.89. The fraction of sp³-hybridized carbons (Fsp3) is 0.875. The van der Waals surface area contributed by atoms with Crippen molar-refractivity contribution in [3.05, 3.63) is 0 Å². The lowest BCUT2D eigenvalue weighted by Gasteiger charge is -2.17. The van der Waals surface area contributed by atoms with Crippen LogP contribution in [0.1, 0.15) is 20.3 Å². The first-order valence-electron chi connectivity index (χ1n) is 3.95. The van der Waals surface area contributed by atoms with Crippen LogP contribution < -0.4 is 5.32 Å². The van der Waals surface area contributed by atoms with E-state index < -0.39 is 5.60 Å². The minimum Gasteiger partial charge on any atom is -0.469 e. The summed E-state index contributed by atoms with van der Waals surface area (Å²) in [5, 5.41) is 12.2. The summed E-state index contributed by atoms with van der Waals surface area (Å²) in [6.07, 6.45) is 0.340. The Labute approximate surface area is 72.9 Å². The molecule has 2 N–H and O–H groups in total. The Morgan fingerprint density at radius 1 is 1.58 bits per heavy atom. The van der Waals surface area contributed by atoms with Gasteiger partial charge in [-0.3, -0.25) is 4.79 Å². The van der Waals surface area contributed by atoms with Crippen LogP contribution in [0.3, 0.4) is 0 Å². The molecule has 0 fully saturated rings. The molecule has 0 aromatic heterocycles. The minimum atomic E-state index is -0.726. The van der Waals surface area contributed by atoms with Crippen molar-refractivity contribution in [2.45, 2.75) is 25.9 Å². The Morgan fingerprint density at radius 3 is 2.58 bits per heavy atom. The number of rotatable bonds is 5. The summed E-state index contributed by atoms with van der Waals surface area (Å²) in [7, 11) is 1.36. The van der Waals surface area contributed by atoms with Crippen molar-refractivity contribution in [1.82, 2.24) is 5.32 Å². The molecule has 0 aromatic carbocycles. The number of esters is 1. The fourth-order valence-corrected chi connectivity index (χ4v) is 0.687. The zero-order chi connectivity index (χ0) is 9.61. The molecule has 0 saturated heterocycles. The Hall–Kier alpha value is -0.610. The van der Waals surface area contributed by atoms with Gasteiger partial charge in [-0.2, -0.15) is 0 Å². The van der Waals surface area contributed by atoms with Gasteiger partial charge < -0.3 is 15.2 Å². The summed E-state index contributed by atoms with van der Waals surface area (Å²) in [4.78, 5) is 10.6. The van der Waals surface area contributed by atoms with Crippen LogP contribution in [0.4, 0.5) is 0 Å². The Bertz CT molecular complexity index is 140. The number of hydrogen-bond acceptors (Lipinski definition) is 4. The third-order valence-corrected chi connectivity index (χ3v) is 1.29. The molecule has 0 radical (unpaired) electrons. The molecule has 4 heteroatoms. The van der Waals surface area contributed by atoms with Crippen molar-refractivity contribution >= 4 is 5.97 Å². The number of nitrogens with one attached hydrogen (secondary N) is 1. The van der Waals surface area contributed by atoms with Crippen molar-refractivity contribution in [3.63, 3.8) is 0 Å². The minimum absolute atomic E-state index is 0.238. The third-order valence-electron chi connectivity index (χ3n) is 1.29. The standard InChI is InChI=1S/C8H17NO3/c1-8(2,11)6-9-5-4-7(10)12-3/h9,11H,4-6H2,1-3H3. The van der Waals surface area contributed by atoms with Gasteiger partial charge in [-0.25, -0.2) is 0 Å². The van der Waals surface area contributed by atoms with E-state index >= 15 is 0 Å². The van der Waals surface area contributed by atoms with E-state index in [9.17, 15) is 9.90 Å². The highest BCUT2D eigenvalue weighted by Gasteiger charge is 2.11. The molecule has 12 heavy (non-hydrogen) atoms. The predicted octanol–water partition coefficient (Wildman–Crippen LogP) is -0.0900. The van der Waals surface area contributed by atoms with Crippen molar-refractivity contribution in [3.8, 4) is 0 Å². The summed E-state index contributed by atoms with van der Waals surface area (Å²) in [6.45, 7) is 4.43. The number of aliphatic hydroxyl groups is 1. The molecule has 0 aliphatic rings. The molecular weight excluding hydrogens is 158 g/mol. The molecule has 0 heterocycles. The number of ether oxygens (including phenoxy) is 1. The van der Waals surface area contributed by atoms with E-state index in [0.29, 0.717) is 19.5 Å². The molecule has 0 saturated carbocycles. The number of hydrogen-bond donors (Lipinski definition) is 2. The summed E-state index contributed by atoms with van der Waals surface area (Å²) < 4.78 is 4.44. The monoisotopic (exact) mass is 175 g/mol. The Kier molecular flexibility index (Phi) is 4.85. The van der Waals surface area contributed by atoms with E-state index in [4.69, 9.17) is 0 Å². The van der Waals surface area contributed by atoms with Crippen LogP contribution in [0.15, 0.2) is 0 Å². The molecule has 0 aromatic rings. The Balaban J connectivity index is 3.28. The van der Waals surface area contributed by atoms with Gasteiger partial charge in [0.25, 0.3) is 0 Å². The zero-order valence-corrected chi connectivity index (χ0v) is 7.89. The molecule has 0 aliphatic carbocycles. The number of carbonyl (C=O) groups excluding carboxylic acids is 1. The topological polar surface area (TPSA) is 58.6 Å². The van der Waals surface area contributed by atoms with Gasteiger partial charge in [-0.05, 0) is 13.8 Å². The van der Waals surface area contributed by atoms with Crippen LogP contribution in [-0.2, 0) is 9.53 Å². The highest BCUT2D eigenvalue weighted by molar-refractivity contribution is 5.69. The smallest absolute Gasteiger partial charge is 0.306 e. The van der Waals surface area contributed by atoms with Gasteiger partial charge >= 0.3 is 5.97 Å². The van der Waals surface area contributed by atoms with E-state index in [-0.39, 0.29) is 5.97 Å². The first-order valence-corrected chi connectivity index (χ1v) is 3.95. The van der Waals surface area contributed by atoms with Crippen LogP contribution in [0.5, 0.6) is 0 Å². The second-order valence-corrected chi connectivity index (χ2v) is 3.32. The van der Waals surface area contributed by atoms with E-state index in [1.165, 1.54) is 7.11 Å². The van der Waals surface area contributed by atoms with Crippen LogP contribution in [0.25, 0.3) is 0 Å². The number of methoxy groups -OCH3 is 1. The van der Waals surface area contributed by atoms with Gasteiger partial charge in [0.1, 0.15) is 0 Å². The average Bonchev–Trinajstić information content (AvgIpc) is 1.96. The molecule has 0 unspecified atom stereocenters. The van der Waals surface area contributed by atoms with E-state index in [0.717, 1.165) is 0 Å². The summed E-state index contributed by atoms with van der Waals surface area (Å²) in [5.74, 6) is -0.238. The molecule has 0 aliphatic heterocycles. The van der Waals surface area contributed by atoms with Crippen LogP contribution >= 0.6 is 0 Å². The molecule has 0 rings (SSSR count). The van der Waals surface area contributed by atoms with Crippen LogP contribution in [0.2, 0.25) is 0 Å². The normalized spacial score (nSPS) is 11.3. The molecule has 4 nitrogen and oxygen atoms in total. The lowest BCUT2D eigenvalue weighted by molar-refractivity contribution is -0.140. The van der Waals surface area contributed by atoms with E-state index in [1.807, 2.05) is 0 Å². The van der Waals surface area contributed by atoms with Crippen molar-refractivity contribution < 1.29 is 14.6 Å². The lowest BCUT2D eigenvalue weighted by Crippen LogP contribution is -2.35. The SMILES string of the molecule is COC(=O)CCNCC(C)(C)O. The quantitative estimate of drug-likeness (QED) is 0.453. The van der Waals surface area contributed by atoms with Gasteiger partial charge in [-0.1, -0.05) is 0 Å². The predicted molar refractivity (Wildman–Crippen MR) is 45.8 cm³/mol. The summed E-state index contributed by atoms with van der Waals surface area (Å²) in [5.41, 5.74) is -0.726. The van der Waals surface area contributed by atoms with Crippen molar-refractivity contribution in [2.24, 2.45) is 0 Å². The first kappa shape index (κ1) is 11.4. The largest absolute Gasteiger partial charge is 0.469 e. The second kappa shape index (κ2) is 5.11. The first-order chi connectivity index (χ1) is 5.45. The third kappa shape index (κ3) is 7.50. The fourth-order valence-electron chi connectivity index (χ4n) is 0.687. The summed E-state index contributed by atoms with van der Waals surface area (Å²) >= 11 is 0. The maximum atomic E-state index is 10.6. The molecule has 0 bridgehead atoms. The van der Waals surface area contributed by atoms with Crippen LogP contribution in [0, 0.1) is 0 Å². The van der Waals surface area contributed by atoms with Crippen molar-refractivity contribution in [1.29, 1.82) is 0 Å². The molecule has 0 spiro atoms. The van der Waals surface area contributed by atoms with Crippen molar-refractivity contribution in [2.75, 3.05) is 20.2 Å². The molecule has 0 atom stereocenters. The van der Waals surface area contributed by atoms with E-state index in [1.54, 1.807) is 13.8 Å². The van der Waals surface area contributed by atoms with Gasteiger partial charge in [0.05, 0.1) is 19.1 Å². The lowest BCUT2D eigenvalue weighted by atomic mass is 10.1. The second-order valence-electron chi connectivity index (χ2n) is 3.32. The molecule has 0 amide bonds. The van der Waals surface area contributed by atoms with E-state index in [2.05, 4.69) is 10.1 Å². The van der Waals surface area contributed by atoms with Gasteiger partial charge in [-0.15, -0.1) is 0 Å². The maximum Gasteiger partial charge on any atom is 0.306 e. The molecule has 72 valence electrons. The van der Waals surface area contributed by atoms with Gasteiger partial charge in [0.2, 0.25) is 0 Å². The average molecular weight is 175 g/mol. The molecular formula is C8H17NO3. The highest BCUT2D eigenvalue weighted by atomic mass is 16.5. The summed E-state index contributed by atoms with van der Waals surface area (Å²) in [6, 6.07) is 0. The Morgan fingerprint density at radius 2 is 2.17 bits per heavy atom. The number of carbonyl (C=O) groups is 1. The maximum absolute atomic E-state index is 10.6. The van der Waals surface area contributed by atoms with Crippen LogP contribution in [-0.4, -0.2) is 36.9 Å². The van der Waals surface area contributed by atoms with Gasteiger partial charge in [0, 0.05) is 13.1 Å². The van der Waals surface area contributed by atoms with Gasteiger partial charge in [0.15, 0.2) is 0 Å². The highest BCUT2D eigenvalue weighted by Crippen LogP contribution is 1.96.